The number of nitrogens with one attached hydrogen (secondary N) is 1. The number of nitrogens with zero attached hydrogens (tertiary/aromatic N) is 1. The second-order valence-corrected chi connectivity index (χ2v) is 4.99. The van der Waals surface area contributed by atoms with Gasteiger partial charge in [0.1, 0.15) is 5.82 Å². The lowest BCUT2D eigenvalue weighted by Crippen LogP contribution is -2.21. The summed E-state index contributed by atoms with van der Waals surface area (Å²) in [6.07, 6.45) is 4.07. The van der Waals surface area contributed by atoms with Crippen molar-refractivity contribution in [3.63, 3.8) is 0 Å². The van der Waals surface area contributed by atoms with Crippen LogP contribution in [0.3, 0.4) is 0 Å². The lowest BCUT2D eigenvalue weighted by atomic mass is 10.0. The molecule has 0 unspecified atom stereocenters. The first-order valence-corrected chi connectivity index (χ1v) is 6.55. The van der Waals surface area contributed by atoms with Gasteiger partial charge in [-0.25, -0.2) is 4.39 Å². The summed E-state index contributed by atoms with van der Waals surface area (Å²) in [4.78, 5) is 3.97. The summed E-state index contributed by atoms with van der Waals surface area (Å²) in [5.41, 5.74) is 2.91. The predicted octanol–water partition coefficient (Wildman–Crippen LogP) is 3.31. The normalized spacial score (nSPS) is 10.9. The van der Waals surface area contributed by atoms with Gasteiger partial charge in [0.05, 0.1) is 0 Å². The molecule has 0 aliphatic rings. The molecule has 0 aliphatic heterocycles. The Morgan fingerprint density at radius 1 is 1.11 bits per heavy atom. The second kappa shape index (κ2) is 6.43. The van der Waals surface area contributed by atoms with Gasteiger partial charge in [0.2, 0.25) is 0 Å². The summed E-state index contributed by atoms with van der Waals surface area (Å²) in [5, 5.41) is 3.34. The van der Waals surface area contributed by atoms with Gasteiger partial charge in [-0.15, -0.1) is 0 Å². The van der Waals surface area contributed by atoms with Crippen LogP contribution in [-0.4, -0.2) is 11.0 Å². The molecular formula is C16H19FN2. The number of aromatic nitrogens is 1. The van der Waals surface area contributed by atoms with E-state index in [1.54, 1.807) is 18.5 Å². The van der Waals surface area contributed by atoms with Crippen LogP contribution in [0.15, 0.2) is 42.7 Å². The van der Waals surface area contributed by atoms with Crippen LogP contribution in [0.5, 0.6) is 0 Å². The molecule has 2 nitrogen and oxygen atoms in total. The minimum absolute atomic E-state index is 0.148. The zero-order chi connectivity index (χ0) is 13.7. The van der Waals surface area contributed by atoms with Crippen LogP contribution in [0.25, 0.3) is 0 Å². The third kappa shape index (κ3) is 4.14. The quantitative estimate of drug-likeness (QED) is 0.890. The number of hydrogen-bond donors (Lipinski definition) is 1. The fourth-order valence-corrected chi connectivity index (χ4v) is 1.92. The van der Waals surface area contributed by atoms with Gasteiger partial charge in [-0.05, 0) is 34.9 Å². The molecule has 1 aromatic carbocycles. The van der Waals surface area contributed by atoms with E-state index in [-0.39, 0.29) is 5.82 Å². The van der Waals surface area contributed by atoms with Gasteiger partial charge >= 0.3 is 0 Å². The van der Waals surface area contributed by atoms with E-state index in [4.69, 9.17) is 0 Å². The number of halogens is 1. The summed E-state index contributed by atoms with van der Waals surface area (Å²) in [7, 11) is 0. The lowest BCUT2D eigenvalue weighted by molar-refractivity contribution is 0.583. The average molecular weight is 258 g/mol. The number of benzene rings is 1. The molecule has 0 aliphatic carbocycles. The van der Waals surface area contributed by atoms with Crippen LogP contribution in [0.2, 0.25) is 0 Å². The molecule has 0 spiro atoms. The van der Waals surface area contributed by atoms with Crippen LogP contribution < -0.4 is 5.32 Å². The SMILES string of the molecule is CC(C)NCc1ccc(F)c(Cc2ccncc2)c1. The van der Waals surface area contributed by atoms with E-state index in [9.17, 15) is 4.39 Å². The van der Waals surface area contributed by atoms with E-state index in [0.717, 1.165) is 23.2 Å². The van der Waals surface area contributed by atoms with Crippen molar-refractivity contribution < 1.29 is 4.39 Å². The fourth-order valence-electron chi connectivity index (χ4n) is 1.92. The molecule has 0 atom stereocenters. The fraction of sp³-hybridized carbons (Fsp3) is 0.312. The van der Waals surface area contributed by atoms with E-state index in [2.05, 4.69) is 24.1 Å². The maximum absolute atomic E-state index is 13.8. The standard InChI is InChI=1S/C16H19FN2/c1-12(2)19-11-14-3-4-16(17)15(10-14)9-13-5-7-18-8-6-13/h3-8,10,12,19H,9,11H2,1-2H3. The van der Waals surface area contributed by atoms with Gasteiger partial charge in [0.25, 0.3) is 0 Å². The third-order valence-electron chi connectivity index (χ3n) is 2.97. The highest BCUT2D eigenvalue weighted by Crippen LogP contribution is 2.15. The molecule has 0 bridgehead atoms. The molecule has 2 rings (SSSR count). The zero-order valence-electron chi connectivity index (χ0n) is 11.4. The zero-order valence-corrected chi connectivity index (χ0v) is 11.4. The summed E-state index contributed by atoms with van der Waals surface area (Å²) in [6, 6.07) is 9.57. The third-order valence-corrected chi connectivity index (χ3v) is 2.97. The van der Waals surface area contributed by atoms with E-state index in [0.29, 0.717) is 12.5 Å². The summed E-state index contributed by atoms with van der Waals surface area (Å²) in [5.74, 6) is -0.148. The van der Waals surface area contributed by atoms with Gasteiger partial charge in [-0.3, -0.25) is 4.98 Å². The van der Waals surface area contributed by atoms with Crippen LogP contribution >= 0.6 is 0 Å². The van der Waals surface area contributed by atoms with E-state index in [1.165, 1.54) is 0 Å². The van der Waals surface area contributed by atoms with E-state index < -0.39 is 0 Å². The first-order valence-electron chi connectivity index (χ1n) is 6.55. The molecule has 1 N–H and O–H groups in total. The summed E-state index contributed by atoms with van der Waals surface area (Å²) < 4.78 is 13.8. The first-order chi connectivity index (χ1) is 9.15. The molecule has 1 heterocycles. The molecule has 2 aromatic rings. The highest BCUT2D eigenvalue weighted by Gasteiger charge is 2.05. The molecule has 1 aromatic heterocycles. The molecule has 0 saturated heterocycles. The Bertz CT molecular complexity index is 524. The predicted molar refractivity (Wildman–Crippen MR) is 75.4 cm³/mol. The molecule has 0 radical (unpaired) electrons. The van der Waals surface area contributed by atoms with Crippen LogP contribution in [-0.2, 0) is 13.0 Å². The number of rotatable bonds is 5. The summed E-state index contributed by atoms with van der Waals surface area (Å²) >= 11 is 0. The van der Waals surface area contributed by atoms with Crippen LogP contribution in [0, 0.1) is 5.82 Å². The van der Waals surface area contributed by atoms with Gasteiger partial charge in [-0.2, -0.15) is 0 Å². The average Bonchev–Trinajstić information content (AvgIpc) is 2.41. The largest absolute Gasteiger partial charge is 0.310 e. The van der Waals surface area contributed by atoms with E-state index in [1.807, 2.05) is 24.3 Å². The summed E-state index contributed by atoms with van der Waals surface area (Å²) in [6.45, 7) is 4.96. The highest BCUT2D eigenvalue weighted by molar-refractivity contribution is 5.30. The van der Waals surface area contributed by atoms with E-state index >= 15 is 0 Å². The molecule has 3 heteroatoms. The van der Waals surface area contributed by atoms with Gasteiger partial charge in [-0.1, -0.05) is 26.0 Å². The first kappa shape index (κ1) is 13.7. The van der Waals surface area contributed by atoms with Crippen molar-refractivity contribution in [3.05, 3.63) is 65.2 Å². The van der Waals surface area contributed by atoms with Crippen molar-refractivity contribution in [3.8, 4) is 0 Å². The Morgan fingerprint density at radius 3 is 2.53 bits per heavy atom. The minimum atomic E-state index is -0.148. The molecule has 100 valence electrons. The molecule has 0 saturated carbocycles. The van der Waals surface area contributed by atoms with Crippen molar-refractivity contribution in [1.82, 2.24) is 10.3 Å². The number of pyridine rings is 1. The van der Waals surface area contributed by atoms with Gasteiger partial charge in [0, 0.05) is 31.4 Å². The van der Waals surface area contributed by atoms with Crippen molar-refractivity contribution in [2.45, 2.75) is 32.9 Å². The smallest absolute Gasteiger partial charge is 0.126 e. The molecular weight excluding hydrogens is 239 g/mol. The van der Waals surface area contributed by atoms with Gasteiger partial charge < -0.3 is 5.32 Å². The van der Waals surface area contributed by atoms with Crippen molar-refractivity contribution in [2.75, 3.05) is 0 Å². The monoisotopic (exact) mass is 258 g/mol. The van der Waals surface area contributed by atoms with Crippen molar-refractivity contribution >= 4 is 0 Å². The molecule has 19 heavy (non-hydrogen) atoms. The molecule has 0 fully saturated rings. The Hall–Kier alpha value is -1.74. The Kier molecular flexibility index (Phi) is 4.63. The lowest BCUT2D eigenvalue weighted by Gasteiger charge is -2.10. The Labute approximate surface area is 113 Å². The van der Waals surface area contributed by atoms with Gasteiger partial charge in [0.15, 0.2) is 0 Å². The Morgan fingerprint density at radius 2 is 1.84 bits per heavy atom. The maximum atomic E-state index is 13.8. The second-order valence-electron chi connectivity index (χ2n) is 4.99. The van der Waals surface area contributed by atoms with Crippen molar-refractivity contribution in [2.24, 2.45) is 0 Å². The maximum Gasteiger partial charge on any atom is 0.126 e. The Balaban J connectivity index is 2.13. The van der Waals surface area contributed by atoms with Crippen LogP contribution in [0.1, 0.15) is 30.5 Å². The van der Waals surface area contributed by atoms with Crippen molar-refractivity contribution in [1.29, 1.82) is 0 Å². The highest BCUT2D eigenvalue weighted by atomic mass is 19.1. The van der Waals surface area contributed by atoms with Crippen LogP contribution in [0.4, 0.5) is 4.39 Å². The topological polar surface area (TPSA) is 24.9 Å². The molecule has 0 amide bonds. The minimum Gasteiger partial charge on any atom is -0.310 e. The number of hydrogen-bond acceptors (Lipinski definition) is 2.